The molecule has 1 saturated carbocycles. The Morgan fingerprint density at radius 1 is 0.970 bits per heavy atom. The van der Waals surface area contributed by atoms with E-state index in [9.17, 15) is 9.59 Å². The van der Waals surface area contributed by atoms with Crippen molar-refractivity contribution >= 4 is 12.3 Å². The zero-order chi connectivity index (χ0) is 22.7. The van der Waals surface area contributed by atoms with Gasteiger partial charge in [-0.15, -0.1) is 0 Å². The summed E-state index contributed by atoms with van der Waals surface area (Å²) in [4.78, 5) is 29.8. The minimum Gasteiger partial charge on any atom is -0.379 e. The van der Waals surface area contributed by atoms with Crippen LogP contribution in [0.15, 0.2) is 30.3 Å². The first-order chi connectivity index (χ1) is 16.2. The van der Waals surface area contributed by atoms with Crippen molar-refractivity contribution in [3.8, 4) is 0 Å². The quantitative estimate of drug-likeness (QED) is 0.658. The fourth-order valence-corrected chi connectivity index (χ4v) is 6.56. The average Bonchev–Trinajstić information content (AvgIpc) is 3.31. The molecule has 1 aromatic rings. The molecule has 6 heteroatoms. The highest BCUT2D eigenvalue weighted by Crippen LogP contribution is 2.53. The third-order valence-electron chi connectivity index (χ3n) is 8.61. The number of hydrogen-bond donors (Lipinski definition) is 0. The van der Waals surface area contributed by atoms with Crippen LogP contribution in [0.2, 0.25) is 0 Å². The Bertz CT molecular complexity index is 806. The topological polar surface area (TPSA) is 53.1 Å². The van der Waals surface area contributed by atoms with Gasteiger partial charge in [0.2, 0.25) is 12.3 Å². The van der Waals surface area contributed by atoms with Gasteiger partial charge < -0.3 is 14.5 Å². The third kappa shape index (κ3) is 5.12. The Labute approximate surface area is 198 Å². The Hall–Kier alpha value is -1.92. The standard InChI is InChI=1S/C14H24N2O2.C13H15NO/c17-14-5-1-3-12(15-7-9-18-10-8-15)11-13-4-2-6-16(13)14;15-10-14-9-12(8-13(14)6-7-13)11-4-2-1-3-5-11/h12-13H,1-11H2;1-5,10,12H,6-9H2/t12?,13-;12-/m11/s1. The first-order valence-electron chi connectivity index (χ1n) is 13.1. The predicted octanol–water partition coefficient (Wildman–Crippen LogP) is 3.42. The third-order valence-corrected chi connectivity index (χ3v) is 8.61. The Balaban J connectivity index is 0.000000140. The molecule has 5 aliphatic rings. The van der Waals surface area contributed by atoms with Crippen molar-refractivity contribution < 1.29 is 14.3 Å². The van der Waals surface area contributed by atoms with Gasteiger partial charge in [-0.05, 0) is 56.9 Å². The normalized spacial score (nSPS) is 31.4. The van der Waals surface area contributed by atoms with Crippen molar-refractivity contribution in [2.45, 2.75) is 81.3 Å². The summed E-state index contributed by atoms with van der Waals surface area (Å²) in [6, 6.07) is 11.8. The number of likely N-dealkylation sites (tertiary alicyclic amines) is 1. The molecular weight excluding hydrogens is 414 g/mol. The molecule has 0 radical (unpaired) electrons. The van der Waals surface area contributed by atoms with Crippen LogP contribution in [0.25, 0.3) is 0 Å². The monoisotopic (exact) mass is 453 g/mol. The van der Waals surface area contributed by atoms with E-state index < -0.39 is 0 Å². The molecule has 1 unspecified atom stereocenters. The van der Waals surface area contributed by atoms with E-state index in [2.05, 4.69) is 34.1 Å². The van der Waals surface area contributed by atoms with Gasteiger partial charge in [-0.1, -0.05) is 30.3 Å². The Kier molecular flexibility index (Phi) is 7.02. The molecule has 0 N–H and O–H groups in total. The molecule has 33 heavy (non-hydrogen) atoms. The molecule has 6 nitrogen and oxygen atoms in total. The highest BCUT2D eigenvalue weighted by molar-refractivity contribution is 5.76. The SMILES string of the molecule is O=C1CCCC(N2CCOCC2)C[C@H]2CCCN12.O=CN1C[C@H](c2ccccc2)CC12CC2. The first kappa shape index (κ1) is 22.9. The minimum absolute atomic E-state index is 0.252. The molecule has 5 fully saturated rings. The van der Waals surface area contributed by atoms with Gasteiger partial charge in [0.05, 0.1) is 13.2 Å². The lowest BCUT2D eigenvalue weighted by atomic mass is 9.95. The molecular formula is C27H39N3O3. The van der Waals surface area contributed by atoms with Crippen molar-refractivity contribution in [3.05, 3.63) is 35.9 Å². The summed E-state index contributed by atoms with van der Waals surface area (Å²) in [6.45, 7) is 5.82. The average molecular weight is 454 g/mol. The highest BCUT2D eigenvalue weighted by Gasteiger charge is 2.53. The van der Waals surface area contributed by atoms with Crippen LogP contribution in [0, 0.1) is 0 Å². The fraction of sp³-hybridized carbons (Fsp3) is 0.704. The summed E-state index contributed by atoms with van der Waals surface area (Å²) in [5.74, 6) is 0.955. The summed E-state index contributed by atoms with van der Waals surface area (Å²) in [6.07, 6.45) is 11.2. The van der Waals surface area contributed by atoms with Gasteiger partial charge >= 0.3 is 0 Å². The number of hydrogen-bond acceptors (Lipinski definition) is 4. The van der Waals surface area contributed by atoms with E-state index in [0.29, 0.717) is 23.9 Å². The fourth-order valence-electron chi connectivity index (χ4n) is 6.56. The van der Waals surface area contributed by atoms with Crippen LogP contribution >= 0.6 is 0 Å². The maximum atomic E-state index is 12.0. The van der Waals surface area contributed by atoms with Crippen LogP contribution < -0.4 is 0 Å². The molecule has 1 aromatic carbocycles. The number of ether oxygens (including phenoxy) is 1. The van der Waals surface area contributed by atoms with E-state index in [1.165, 1.54) is 44.1 Å². The Morgan fingerprint density at radius 2 is 1.73 bits per heavy atom. The van der Waals surface area contributed by atoms with Gasteiger partial charge in [-0.3, -0.25) is 14.5 Å². The van der Waals surface area contributed by atoms with Gasteiger partial charge in [0.1, 0.15) is 0 Å². The molecule has 4 heterocycles. The number of benzene rings is 1. The van der Waals surface area contributed by atoms with Gasteiger partial charge in [-0.25, -0.2) is 0 Å². The van der Waals surface area contributed by atoms with E-state index in [4.69, 9.17) is 4.74 Å². The van der Waals surface area contributed by atoms with Crippen molar-refractivity contribution in [3.63, 3.8) is 0 Å². The molecule has 4 aliphatic heterocycles. The van der Waals surface area contributed by atoms with Crippen LogP contribution in [0.4, 0.5) is 0 Å². The molecule has 4 saturated heterocycles. The summed E-state index contributed by atoms with van der Waals surface area (Å²) in [7, 11) is 0. The minimum atomic E-state index is 0.252. The van der Waals surface area contributed by atoms with Gasteiger partial charge in [0, 0.05) is 56.1 Å². The highest BCUT2D eigenvalue weighted by atomic mass is 16.5. The smallest absolute Gasteiger partial charge is 0.222 e. The maximum Gasteiger partial charge on any atom is 0.222 e. The number of rotatable bonds is 3. The second-order valence-corrected chi connectivity index (χ2v) is 10.6. The first-order valence-corrected chi connectivity index (χ1v) is 13.1. The molecule has 180 valence electrons. The van der Waals surface area contributed by atoms with Crippen LogP contribution in [0.5, 0.6) is 0 Å². The zero-order valence-corrected chi connectivity index (χ0v) is 19.9. The van der Waals surface area contributed by atoms with Crippen molar-refractivity contribution in [1.82, 2.24) is 14.7 Å². The summed E-state index contributed by atoms with van der Waals surface area (Å²) in [5, 5.41) is 0. The summed E-state index contributed by atoms with van der Waals surface area (Å²) in [5.41, 5.74) is 1.63. The molecule has 3 atom stereocenters. The number of nitrogens with zero attached hydrogens (tertiary/aromatic N) is 3. The van der Waals surface area contributed by atoms with E-state index in [-0.39, 0.29) is 5.54 Å². The van der Waals surface area contributed by atoms with Gasteiger partial charge in [-0.2, -0.15) is 0 Å². The summed E-state index contributed by atoms with van der Waals surface area (Å²) < 4.78 is 5.44. The molecule has 0 aromatic heterocycles. The number of carbonyl (C=O) groups is 2. The van der Waals surface area contributed by atoms with E-state index in [0.717, 1.165) is 65.1 Å². The van der Waals surface area contributed by atoms with E-state index >= 15 is 0 Å². The molecule has 1 spiro atoms. The molecule has 6 rings (SSSR count). The summed E-state index contributed by atoms with van der Waals surface area (Å²) >= 11 is 0. The Morgan fingerprint density at radius 3 is 2.42 bits per heavy atom. The van der Waals surface area contributed by atoms with Crippen LogP contribution in [0.1, 0.15) is 69.3 Å². The lowest BCUT2D eigenvalue weighted by Gasteiger charge is -2.39. The molecule has 1 aliphatic carbocycles. The molecule has 0 bridgehead atoms. The second-order valence-electron chi connectivity index (χ2n) is 10.6. The van der Waals surface area contributed by atoms with Crippen molar-refractivity contribution in [2.24, 2.45) is 0 Å². The molecule has 2 amide bonds. The number of amides is 2. The van der Waals surface area contributed by atoms with Crippen molar-refractivity contribution in [2.75, 3.05) is 39.4 Å². The lowest BCUT2D eigenvalue weighted by molar-refractivity contribution is -0.133. The number of morpholine rings is 1. The second kappa shape index (κ2) is 10.1. The van der Waals surface area contributed by atoms with Crippen LogP contribution in [-0.4, -0.2) is 84.0 Å². The van der Waals surface area contributed by atoms with E-state index in [1.807, 2.05) is 11.0 Å². The zero-order valence-electron chi connectivity index (χ0n) is 19.9. The lowest BCUT2D eigenvalue weighted by Crippen LogP contribution is -2.48. The van der Waals surface area contributed by atoms with Gasteiger partial charge in [0.15, 0.2) is 0 Å². The van der Waals surface area contributed by atoms with Crippen LogP contribution in [-0.2, 0) is 14.3 Å². The van der Waals surface area contributed by atoms with Gasteiger partial charge in [0.25, 0.3) is 0 Å². The number of fused-ring (bicyclic) bond motifs is 1. The number of carbonyl (C=O) groups excluding carboxylic acids is 2. The maximum absolute atomic E-state index is 12.0. The van der Waals surface area contributed by atoms with Crippen molar-refractivity contribution in [1.29, 1.82) is 0 Å². The predicted molar refractivity (Wildman–Crippen MR) is 128 cm³/mol. The van der Waals surface area contributed by atoms with E-state index in [1.54, 1.807) is 0 Å². The largest absolute Gasteiger partial charge is 0.379 e. The van der Waals surface area contributed by atoms with Crippen LogP contribution in [0.3, 0.4) is 0 Å².